The highest BCUT2D eigenvalue weighted by molar-refractivity contribution is 7.81. The van der Waals surface area contributed by atoms with E-state index in [1.165, 1.54) is 10.6 Å². The summed E-state index contributed by atoms with van der Waals surface area (Å²) in [7, 11) is -1.25. The topological polar surface area (TPSA) is 20.3 Å². The third kappa shape index (κ3) is 2.48. The Labute approximate surface area is 67.2 Å². The van der Waals surface area contributed by atoms with E-state index in [1.807, 2.05) is 0 Å². The lowest BCUT2D eigenvalue weighted by molar-refractivity contribution is -0.0421. The summed E-state index contributed by atoms with van der Waals surface area (Å²) in [5.41, 5.74) is 0. The summed E-state index contributed by atoms with van der Waals surface area (Å²) in [6, 6.07) is 0. The van der Waals surface area contributed by atoms with E-state index in [1.54, 1.807) is 0 Å². The molecule has 0 amide bonds. The first-order valence-electron chi connectivity index (χ1n) is 3.48. The molecule has 1 unspecified atom stereocenters. The monoisotopic (exact) mass is 183 g/mol. The van der Waals surface area contributed by atoms with Crippen molar-refractivity contribution in [3.8, 4) is 0 Å². The smallest absolute Gasteiger partial charge is 0.243 e. The van der Waals surface area contributed by atoms with E-state index in [-0.39, 0.29) is 13.0 Å². The molecule has 0 spiro atoms. The van der Waals surface area contributed by atoms with Gasteiger partial charge in [0.1, 0.15) is 0 Å². The molecule has 1 aliphatic rings. The summed E-state index contributed by atoms with van der Waals surface area (Å²) >= 11 is 0. The van der Waals surface area contributed by atoms with Gasteiger partial charge in [-0.3, -0.25) is 0 Å². The Morgan fingerprint density at radius 1 is 1.55 bits per heavy atom. The summed E-state index contributed by atoms with van der Waals surface area (Å²) < 4.78 is 37.4. The number of rotatable bonds is 1. The van der Waals surface area contributed by atoms with Gasteiger partial charge in [-0.25, -0.2) is 17.3 Å². The van der Waals surface area contributed by atoms with Gasteiger partial charge in [-0.2, -0.15) is 0 Å². The molecule has 66 valence electrons. The van der Waals surface area contributed by atoms with Gasteiger partial charge in [-0.05, 0) is 6.42 Å². The molecule has 0 radical (unpaired) electrons. The molecular formula is C6H11F2NOS. The average molecular weight is 183 g/mol. The van der Waals surface area contributed by atoms with E-state index >= 15 is 0 Å². The van der Waals surface area contributed by atoms with Gasteiger partial charge in [0.25, 0.3) is 5.92 Å². The number of alkyl halides is 2. The van der Waals surface area contributed by atoms with E-state index in [0.29, 0.717) is 13.0 Å². The standard InChI is InChI=1S/C6H11F2NOS/c1-11(10)9-4-2-3-6(7,8)5-9/h2-5H2,1H3. The highest BCUT2D eigenvalue weighted by atomic mass is 32.2. The fourth-order valence-electron chi connectivity index (χ4n) is 1.15. The predicted molar refractivity (Wildman–Crippen MR) is 39.8 cm³/mol. The Bertz CT molecular complexity index is 174. The highest BCUT2D eigenvalue weighted by Gasteiger charge is 2.36. The maximum atomic E-state index is 12.6. The summed E-state index contributed by atoms with van der Waals surface area (Å²) in [6.07, 6.45) is 1.80. The van der Waals surface area contributed by atoms with Crippen LogP contribution >= 0.6 is 0 Å². The maximum absolute atomic E-state index is 12.6. The van der Waals surface area contributed by atoms with Crippen molar-refractivity contribution in [3.63, 3.8) is 0 Å². The van der Waals surface area contributed by atoms with Crippen LogP contribution in [0.5, 0.6) is 0 Å². The normalized spacial score (nSPS) is 28.3. The molecule has 1 atom stereocenters. The van der Waals surface area contributed by atoms with Gasteiger partial charge >= 0.3 is 0 Å². The number of hydrogen-bond acceptors (Lipinski definition) is 1. The number of nitrogens with zero attached hydrogens (tertiary/aromatic N) is 1. The van der Waals surface area contributed by atoms with Crippen molar-refractivity contribution in [3.05, 3.63) is 0 Å². The van der Waals surface area contributed by atoms with Crippen LogP contribution in [0.1, 0.15) is 12.8 Å². The van der Waals surface area contributed by atoms with E-state index < -0.39 is 16.9 Å². The van der Waals surface area contributed by atoms with Crippen molar-refractivity contribution in [2.24, 2.45) is 0 Å². The van der Waals surface area contributed by atoms with Crippen LogP contribution in [-0.2, 0) is 11.0 Å². The Morgan fingerprint density at radius 3 is 2.55 bits per heavy atom. The quantitative estimate of drug-likeness (QED) is 0.594. The second-order valence-electron chi connectivity index (χ2n) is 2.75. The molecule has 11 heavy (non-hydrogen) atoms. The molecule has 0 aromatic heterocycles. The fourth-order valence-corrected chi connectivity index (χ4v) is 1.91. The lowest BCUT2D eigenvalue weighted by atomic mass is 10.1. The Hall–Kier alpha value is -0.0300. The van der Waals surface area contributed by atoms with Crippen LogP contribution in [0, 0.1) is 0 Å². The van der Waals surface area contributed by atoms with Crippen LogP contribution in [0.2, 0.25) is 0 Å². The zero-order valence-corrected chi connectivity index (χ0v) is 7.16. The zero-order chi connectivity index (χ0) is 8.48. The van der Waals surface area contributed by atoms with E-state index in [4.69, 9.17) is 0 Å². The molecule has 1 heterocycles. The van der Waals surface area contributed by atoms with Crippen LogP contribution in [0.4, 0.5) is 8.78 Å². The Balaban J connectivity index is 2.53. The van der Waals surface area contributed by atoms with Crippen LogP contribution in [0.25, 0.3) is 0 Å². The number of halogens is 2. The van der Waals surface area contributed by atoms with Gasteiger partial charge in [0, 0.05) is 19.2 Å². The van der Waals surface area contributed by atoms with Crippen LogP contribution in [0.15, 0.2) is 0 Å². The molecule has 0 aromatic rings. The van der Waals surface area contributed by atoms with Crippen LogP contribution < -0.4 is 0 Å². The summed E-state index contributed by atoms with van der Waals surface area (Å²) in [5, 5.41) is 0. The first-order chi connectivity index (χ1) is 5.01. The molecule has 2 nitrogen and oxygen atoms in total. The van der Waals surface area contributed by atoms with Crippen molar-refractivity contribution in [2.45, 2.75) is 18.8 Å². The van der Waals surface area contributed by atoms with E-state index in [0.717, 1.165) is 0 Å². The molecule has 0 saturated carbocycles. The van der Waals surface area contributed by atoms with Crippen molar-refractivity contribution >= 4 is 11.0 Å². The Morgan fingerprint density at radius 2 is 2.18 bits per heavy atom. The third-order valence-electron chi connectivity index (χ3n) is 1.72. The van der Waals surface area contributed by atoms with Gasteiger partial charge in [0.2, 0.25) is 0 Å². The molecule has 1 aliphatic heterocycles. The minimum atomic E-state index is -2.64. The van der Waals surface area contributed by atoms with E-state index in [2.05, 4.69) is 0 Å². The van der Waals surface area contributed by atoms with Crippen LogP contribution in [-0.4, -0.2) is 33.8 Å². The fraction of sp³-hybridized carbons (Fsp3) is 1.00. The summed E-state index contributed by atoms with van der Waals surface area (Å²) in [6.45, 7) is 0.175. The molecule has 1 fully saturated rings. The lowest BCUT2D eigenvalue weighted by Crippen LogP contribution is -2.42. The minimum absolute atomic E-state index is 0.0688. The molecule has 0 aliphatic carbocycles. The molecule has 1 rings (SSSR count). The second kappa shape index (κ2) is 3.15. The van der Waals surface area contributed by atoms with E-state index in [9.17, 15) is 13.0 Å². The zero-order valence-electron chi connectivity index (χ0n) is 6.35. The first-order valence-corrected chi connectivity index (χ1v) is 4.99. The lowest BCUT2D eigenvalue weighted by Gasteiger charge is -2.30. The second-order valence-corrected chi connectivity index (χ2v) is 4.11. The van der Waals surface area contributed by atoms with Gasteiger partial charge in [-0.1, -0.05) is 0 Å². The molecule has 1 saturated heterocycles. The van der Waals surface area contributed by atoms with Crippen molar-refractivity contribution in [1.29, 1.82) is 0 Å². The summed E-state index contributed by atoms with van der Waals surface area (Å²) in [5.74, 6) is -2.64. The van der Waals surface area contributed by atoms with Crippen molar-refractivity contribution in [2.75, 3.05) is 19.3 Å². The highest BCUT2D eigenvalue weighted by Crippen LogP contribution is 2.26. The van der Waals surface area contributed by atoms with Gasteiger partial charge < -0.3 is 0 Å². The number of hydrogen-bond donors (Lipinski definition) is 0. The molecule has 0 bridgehead atoms. The Kier molecular flexibility index (Phi) is 2.59. The van der Waals surface area contributed by atoms with Crippen molar-refractivity contribution < 1.29 is 13.0 Å². The summed E-state index contributed by atoms with van der Waals surface area (Å²) in [4.78, 5) is 0. The van der Waals surface area contributed by atoms with Gasteiger partial charge in [0.05, 0.1) is 17.5 Å². The SMILES string of the molecule is CS(=O)N1CCCC(F)(F)C1. The van der Waals surface area contributed by atoms with Gasteiger partial charge in [0.15, 0.2) is 0 Å². The average Bonchev–Trinajstić information content (AvgIpc) is 1.85. The van der Waals surface area contributed by atoms with Crippen LogP contribution in [0.3, 0.4) is 0 Å². The maximum Gasteiger partial charge on any atom is 0.261 e. The minimum Gasteiger partial charge on any atom is -0.243 e. The third-order valence-corrected chi connectivity index (χ3v) is 2.76. The predicted octanol–water partition coefficient (Wildman–Crippen LogP) is 1.01. The molecule has 5 heteroatoms. The molecular weight excluding hydrogens is 172 g/mol. The first kappa shape index (κ1) is 9.06. The van der Waals surface area contributed by atoms with Crippen molar-refractivity contribution in [1.82, 2.24) is 4.31 Å². The van der Waals surface area contributed by atoms with Gasteiger partial charge in [-0.15, -0.1) is 0 Å². The molecule has 0 N–H and O–H groups in total. The number of piperidine rings is 1. The largest absolute Gasteiger partial charge is 0.261 e. The molecule has 0 aromatic carbocycles.